The minimum atomic E-state index is 0.123. The molecule has 5 nitrogen and oxygen atoms in total. The van der Waals surface area contributed by atoms with E-state index in [9.17, 15) is 9.59 Å². The lowest BCUT2D eigenvalue weighted by atomic mass is 9.94. The van der Waals surface area contributed by atoms with Gasteiger partial charge in [0.2, 0.25) is 11.8 Å². The molecule has 1 aromatic rings. The number of hydrogen-bond acceptors (Lipinski definition) is 3. The van der Waals surface area contributed by atoms with Crippen molar-refractivity contribution in [1.82, 2.24) is 9.80 Å². The first kappa shape index (κ1) is 16.8. The predicted octanol–water partition coefficient (Wildman–Crippen LogP) is 2.10. The third kappa shape index (κ3) is 3.71. The second-order valence-corrected chi connectivity index (χ2v) is 6.92. The van der Waals surface area contributed by atoms with E-state index >= 15 is 0 Å². The van der Waals surface area contributed by atoms with Crippen LogP contribution < -0.4 is 4.74 Å². The van der Waals surface area contributed by atoms with Crippen molar-refractivity contribution in [2.24, 2.45) is 5.92 Å². The molecule has 3 saturated heterocycles. The molecule has 0 spiro atoms. The normalized spacial score (nSPS) is 23.1. The number of benzene rings is 1. The smallest absolute Gasteiger partial charge is 0.223 e. The first-order valence-electron chi connectivity index (χ1n) is 8.74. The monoisotopic (exact) mass is 330 g/mol. The maximum Gasteiger partial charge on any atom is 0.223 e. The molecule has 3 aliphatic heterocycles. The highest BCUT2D eigenvalue weighted by molar-refractivity contribution is 5.78. The van der Waals surface area contributed by atoms with Gasteiger partial charge in [-0.3, -0.25) is 9.59 Å². The van der Waals surface area contributed by atoms with Gasteiger partial charge in [-0.2, -0.15) is 0 Å². The van der Waals surface area contributed by atoms with E-state index in [1.54, 1.807) is 14.0 Å². The number of hydrogen-bond donors (Lipinski definition) is 0. The zero-order chi connectivity index (χ0) is 17.1. The quantitative estimate of drug-likeness (QED) is 0.849. The summed E-state index contributed by atoms with van der Waals surface area (Å²) >= 11 is 0. The van der Waals surface area contributed by atoms with Crippen LogP contribution in [0.25, 0.3) is 0 Å². The number of carbonyl (C=O) groups is 2. The van der Waals surface area contributed by atoms with Crippen LogP contribution >= 0.6 is 0 Å². The highest BCUT2D eigenvalue weighted by atomic mass is 16.5. The van der Waals surface area contributed by atoms with E-state index in [0.29, 0.717) is 18.9 Å². The van der Waals surface area contributed by atoms with Gasteiger partial charge in [0.1, 0.15) is 5.75 Å². The molecule has 0 aromatic heterocycles. The molecule has 1 aromatic carbocycles. The molecule has 2 atom stereocenters. The molecule has 0 aliphatic carbocycles. The van der Waals surface area contributed by atoms with Gasteiger partial charge in [0.25, 0.3) is 0 Å². The van der Waals surface area contributed by atoms with Crippen LogP contribution in [0.2, 0.25) is 0 Å². The average molecular weight is 330 g/mol. The van der Waals surface area contributed by atoms with Crippen molar-refractivity contribution in [2.45, 2.75) is 38.6 Å². The highest BCUT2D eigenvalue weighted by Crippen LogP contribution is 2.28. The molecule has 0 unspecified atom stereocenters. The molecule has 0 radical (unpaired) electrons. The SMILES string of the molecule is COc1cccc(CCC(=O)N2C[C@H]3CC[C@@H]2CN(C(C)=O)C3)c1. The van der Waals surface area contributed by atoms with Gasteiger partial charge in [0.15, 0.2) is 0 Å². The molecule has 0 saturated carbocycles. The van der Waals surface area contributed by atoms with Gasteiger partial charge in [0, 0.05) is 39.0 Å². The second kappa shape index (κ2) is 7.24. The van der Waals surface area contributed by atoms with Gasteiger partial charge in [-0.25, -0.2) is 0 Å². The molecule has 130 valence electrons. The Bertz CT molecular complexity index is 616. The molecule has 24 heavy (non-hydrogen) atoms. The van der Waals surface area contributed by atoms with E-state index in [1.165, 1.54) is 0 Å². The van der Waals surface area contributed by atoms with Crippen molar-refractivity contribution in [3.05, 3.63) is 29.8 Å². The van der Waals surface area contributed by atoms with E-state index in [4.69, 9.17) is 4.74 Å². The lowest BCUT2D eigenvalue weighted by Crippen LogP contribution is -2.47. The fourth-order valence-corrected chi connectivity index (χ4v) is 3.87. The topological polar surface area (TPSA) is 49.9 Å². The Hall–Kier alpha value is -2.04. The van der Waals surface area contributed by atoms with Crippen molar-refractivity contribution < 1.29 is 14.3 Å². The van der Waals surface area contributed by atoms with Gasteiger partial charge in [-0.05, 0) is 42.9 Å². The molecular formula is C19H26N2O3. The van der Waals surface area contributed by atoms with Crippen LogP contribution in [-0.4, -0.2) is 54.4 Å². The number of fused-ring (bicyclic) bond motifs is 4. The van der Waals surface area contributed by atoms with E-state index in [2.05, 4.69) is 0 Å². The van der Waals surface area contributed by atoms with Gasteiger partial charge in [-0.1, -0.05) is 12.1 Å². The maximum absolute atomic E-state index is 12.7. The summed E-state index contributed by atoms with van der Waals surface area (Å²) in [5.41, 5.74) is 1.12. The number of ether oxygens (including phenoxy) is 1. The average Bonchev–Trinajstić information content (AvgIpc) is 2.92. The van der Waals surface area contributed by atoms with Crippen molar-refractivity contribution >= 4 is 11.8 Å². The standard InChI is InChI=1S/C19H26N2O3/c1-14(22)20-11-16-6-8-17(13-20)21(12-16)19(23)9-7-15-4-3-5-18(10-15)24-2/h3-5,10,16-17H,6-9,11-13H2,1-2H3/t16-,17+/m0/s1. The zero-order valence-corrected chi connectivity index (χ0v) is 14.5. The molecule has 3 heterocycles. The lowest BCUT2D eigenvalue weighted by Gasteiger charge is -2.36. The van der Waals surface area contributed by atoms with E-state index in [-0.39, 0.29) is 17.9 Å². The van der Waals surface area contributed by atoms with Gasteiger partial charge in [0.05, 0.1) is 7.11 Å². The minimum Gasteiger partial charge on any atom is -0.497 e. The third-order valence-electron chi connectivity index (χ3n) is 5.24. The van der Waals surface area contributed by atoms with Crippen LogP contribution in [0.3, 0.4) is 0 Å². The van der Waals surface area contributed by atoms with Crippen molar-refractivity contribution in [3.8, 4) is 5.75 Å². The number of carbonyl (C=O) groups excluding carboxylic acids is 2. The number of aryl methyl sites for hydroxylation is 1. The Morgan fingerprint density at radius 2 is 2.04 bits per heavy atom. The fourth-order valence-electron chi connectivity index (χ4n) is 3.87. The van der Waals surface area contributed by atoms with Crippen LogP contribution in [0.5, 0.6) is 5.75 Å². The highest BCUT2D eigenvalue weighted by Gasteiger charge is 2.37. The zero-order valence-electron chi connectivity index (χ0n) is 14.5. The maximum atomic E-state index is 12.7. The summed E-state index contributed by atoms with van der Waals surface area (Å²) in [7, 11) is 1.65. The molecule has 3 fully saturated rings. The van der Waals surface area contributed by atoms with Crippen LogP contribution in [0.1, 0.15) is 31.7 Å². The molecular weight excluding hydrogens is 304 g/mol. The summed E-state index contributed by atoms with van der Waals surface area (Å²) in [5.74, 6) is 1.58. The van der Waals surface area contributed by atoms with Crippen LogP contribution in [0, 0.1) is 5.92 Å². The summed E-state index contributed by atoms with van der Waals surface area (Å²) in [4.78, 5) is 28.4. The molecule has 3 aliphatic rings. The second-order valence-electron chi connectivity index (χ2n) is 6.92. The van der Waals surface area contributed by atoms with E-state index < -0.39 is 0 Å². The van der Waals surface area contributed by atoms with Gasteiger partial charge < -0.3 is 14.5 Å². The lowest BCUT2D eigenvalue weighted by molar-refractivity contribution is -0.136. The number of rotatable bonds is 4. The fraction of sp³-hybridized carbons (Fsp3) is 0.579. The summed E-state index contributed by atoms with van der Waals surface area (Å²) < 4.78 is 5.24. The molecule has 2 amide bonds. The first-order chi connectivity index (χ1) is 11.6. The van der Waals surface area contributed by atoms with E-state index in [1.807, 2.05) is 34.1 Å². The van der Waals surface area contributed by atoms with Crippen LogP contribution in [0.4, 0.5) is 0 Å². The van der Waals surface area contributed by atoms with Gasteiger partial charge in [-0.15, -0.1) is 0 Å². The summed E-state index contributed by atoms with van der Waals surface area (Å²) in [5, 5.41) is 0. The number of methoxy groups -OCH3 is 1. The Balaban J connectivity index is 1.61. The Labute approximate surface area is 143 Å². The first-order valence-corrected chi connectivity index (χ1v) is 8.74. The number of amides is 2. The van der Waals surface area contributed by atoms with Crippen molar-refractivity contribution in [3.63, 3.8) is 0 Å². The summed E-state index contributed by atoms with van der Waals surface area (Å²) in [6.45, 7) is 3.91. The molecule has 2 bridgehead atoms. The Morgan fingerprint density at radius 3 is 2.79 bits per heavy atom. The molecule has 4 rings (SSSR count). The third-order valence-corrected chi connectivity index (χ3v) is 5.24. The van der Waals surface area contributed by atoms with Crippen molar-refractivity contribution in [2.75, 3.05) is 26.7 Å². The van der Waals surface area contributed by atoms with Crippen LogP contribution in [0.15, 0.2) is 24.3 Å². The largest absolute Gasteiger partial charge is 0.497 e. The summed E-state index contributed by atoms with van der Waals surface area (Å²) in [6.07, 6.45) is 3.37. The summed E-state index contributed by atoms with van der Waals surface area (Å²) in [6, 6.07) is 8.07. The number of piperidine rings is 1. The molecule has 5 heteroatoms. The Kier molecular flexibility index (Phi) is 5.07. The Morgan fingerprint density at radius 1 is 1.21 bits per heavy atom. The van der Waals surface area contributed by atoms with Crippen LogP contribution in [-0.2, 0) is 16.0 Å². The predicted molar refractivity (Wildman–Crippen MR) is 91.8 cm³/mol. The van der Waals surface area contributed by atoms with E-state index in [0.717, 1.165) is 43.7 Å². The molecule has 0 N–H and O–H groups in total. The minimum absolute atomic E-state index is 0.123. The van der Waals surface area contributed by atoms with Crippen molar-refractivity contribution in [1.29, 1.82) is 0 Å². The van der Waals surface area contributed by atoms with Gasteiger partial charge >= 0.3 is 0 Å². The number of nitrogens with zero attached hydrogens (tertiary/aromatic N) is 2.